The molecule has 5 aromatic rings. The summed E-state index contributed by atoms with van der Waals surface area (Å²) in [6.07, 6.45) is -6.42. The van der Waals surface area contributed by atoms with Crippen LogP contribution in [0.25, 0.3) is 21.6 Å². The van der Waals surface area contributed by atoms with Gasteiger partial charge in [0.15, 0.2) is 6.23 Å². The van der Waals surface area contributed by atoms with Gasteiger partial charge in [-0.25, -0.2) is 4.98 Å². The van der Waals surface area contributed by atoms with E-state index in [0.717, 1.165) is 39.4 Å². The maximum atomic E-state index is 14.0. The number of ether oxygens (including phenoxy) is 3. The van der Waals surface area contributed by atoms with Gasteiger partial charge in [-0.05, 0) is 84.3 Å². The second-order valence-electron chi connectivity index (χ2n) is 21.6. The van der Waals surface area contributed by atoms with E-state index in [0.29, 0.717) is 36.3 Å². The molecule has 7 rings (SSSR count). The maximum absolute atomic E-state index is 14.0. The number of thiazole rings is 1. The summed E-state index contributed by atoms with van der Waals surface area (Å²) >= 11 is 1.50. The zero-order valence-corrected chi connectivity index (χ0v) is 44.6. The molecule has 19 heteroatoms. The van der Waals surface area contributed by atoms with Crippen molar-refractivity contribution < 1.29 is 56.8 Å². The summed E-state index contributed by atoms with van der Waals surface area (Å²) in [5, 5.41) is 39.1. The van der Waals surface area contributed by atoms with E-state index in [1.807, 2.05) is 83.1 Å². The number of nitriles is 1. The average molecular weight is 1070 g/mol. The molecule has 0 radical (unpaired) electrons. The van der Waals surface area contributed by atoms with E-state index in [9.17, 15) is 47.8 Å². The van der Waals surface area contributed by atoms with E-state index in [4.69, 9.17) is 14.2 Å². The molecule has 404 valence electrons. The first kappa shape index (κ1) is 56.9. The minimum atomic E-state index is -4.72. The summed E-state index contributed by atoms with van der Waals surface area (Å²) < 4.78 is 58.6. The number of carbonyl (C=O) groups is 4. The van der Waals surface area contributed by atoms with Crippen molar-refractivity contribution in [3.8, 4) is 39.1 Å². The molecular formula is C57H65F3N6O9S. The van der Waals surface area contributed by atoms with Gasteiger partial charge >= 0.3 is 6.18 Å². The fourth-order valence-corrected chi connectivity index (χ4v) is 11.1. The Morgan fingerprint density at radius 1 is 0.868 bits per heavy atom. The fraction of sp³-hybridized carbons (Fsp3) is 0.439. The summed E-state index contributed by atoms with van der Waals surface area (Å²) in [6.45, 7) is 15.1. The van der Waals surface area contributed by atoms with Crippen molar-refractivity contribution in [3.05, 3.63) is 124 Å². The second kappa shape index (κ2) is 23.2. The first-order valence-corrected chi connectivity index (χ1v) is 25.9. The molecule has 2 aliphatic rings. The average Bonchev–Trinajstić information content (AvgIpc) is 4.09. The number of hydrogen-bond donors (Lipinski definition) is 5. The Balaban J connectivity index is 0.817. The molecule has 1 aliphatic carbocycles. The van der Waals surface area contributed by atoms with Crippen LogP contribution in [0.1, 0.15) is 107 Å². The van der Waals surface area contributed by atoms with Crippen LogP contribution in [0.15, 0.2) is 96.5 Å². The lowest BCUT2D eigenvalue weighted by Crippen LogP contribution is -2.74. The summed E-state index contributed by atoms with van der Waals surface area (Å²) in [5.74, 6) is -1.35. The lowest BCUT2D eigenvalue weighted by molar-refractivity contribution is -0.164. The first-order chi connectivity index (χ1) is 35.8. The van der Waals surface area contributed by atoms with Crippen LogP contribution in [0, 0.1) is 34.5 Å². The SMILES string of the molecule is Cc1ncsc1-c1ccc([C@H](O)NC(=O)[C@H]2C[C@@H](O)CN2C(=O)C(NC(=O)COCCCCOc2ccc(-c3ccc(C(=O)N[C@H]4C(C)(C)[C@H](Oc5ccc(C#N)c(C(F)(F)F)c5)C4(C)C)cc3)cc2)C(C)(C)C)cc1. The summed E-state index contributed by atoms with van der Waals surface area (Å²) in [6, 6.07) is 24.1. The van der Waals surface area contributed by atoms with E-state index < -0.39 is 81.8 Å². The fourth-order valence-electron chi connectivity index (χ4n) is 10.3. The van der Waals surface area contributed by atoms with Gasteiger partial charge in [0.2, 0.25) is 17.7 Å². The van der Waals surface area contributed by atoms with Crippen molar-refractivity contribution in [2.45, 2.75) is 117 Å². The van der Waals surface area contributed by atoms with Gasteiger partial charge in [-0.2, -0.15) is 18.4 Å². The van der Waals surface area contributed by atoms with Crippen LogP contribution in [-0.4, -0.2) is 100 Å². The van der Waals surface area contributed by atoms with E-state index in [2.05, 4.69) is 20.9 Å². The minimum Gasteiger partial charge on any atom is -0.494 e. The highest BCUT2D eigenvalue weighted by molar-refractivity contribution is 7.13. The lowest BCUT2D eigenvalue weighted by atomic mass is 9.49. The van der Waals surface area contributed by atoms with Gasteiger partial charge in [-0.1, -0.05) is 97.0 Å². The molecule has 1 aliphatic heterocycles. The molecule has 1 saturated carbocycles. The number of nitrogens with one attached hydrogen (secondary N) is 3. The van der Waals surface area contributed by atoms with Crippen LogP contribution in [0.3, 0.4) is 0 Å². The minimum absolute atomic E-state index is 0.00736. The number of amides is 4. The Morgan fingerprint density at radius 3 is 2.07 bits per heavy atom. The van der Waals surface area contributed by atoms with Crippen LogP contribution >= 0.6 is 11.3 Å². The van der Waals surface area contributed by atoms with Crippen molar-refractivity contribution in [1.82, 2.24) is 25.8 Å². The molecule has 4 amide bonds. The van der Waals surface area contributed by atoms with Gasteiger partial charge in [0.25, 0.3) is 5.91 Å². The van der Waals surface area contributed by atoms with Crippen LogP contribution < -0.4 is 25.4 Å². The topological polar surface area (TPSA) is 212 Å². The van der Waals surface area contributed by atoms with Crippen LogP contribution in [-0.2, 0) is 25.3 Å². The van der Waals surface area contributed by atoms with E-state index in [1.54, 1.807) is 56.6 Å². The Morgan fingerprint density at radius 2 is 1.47 bits per heavy atom. The summed E-state index contributed by atoms with van der Waals surface area (Å²) in [7, 11) is 0. The second-order valence-corrected chi connectivity index (χ2v) is 22.5. The molecule has 5 N–H and O–H groups in total. The molecule has 2 fully saturated rings. The number of hydrogen-bond acceptors (Lipinski definition) is 12. The summed E-state index contributed by atoms with van der Waals surface area (Å²) in [4.78, 5) is 60.7. The molecule has 0 bridgehead atoms. The van der Waals surface area contributed by atoms with Crippen molar-refractivity contribution >= 4 is 35.0 Å². The highest BCUT2D eigenvalue weighted by Gasteiger charge is 2.64. The van der Waals surface area contributed by atoms with Gasteiger partial charge in [0.1, 0.15) is 36.3 Å². The third-order valence-corrected chi connectivity index (χ3v) is 15.1. The lowest BCUT2D eigenvalue weighted by Gasteiger charge is -2.63. The Kier molecular flexibility index (Phi) is 17.3. The largest absolute Gasteiger partial charge is 0.494 e. The monoisotopic (exact) mass is 1070 g/mol. The molecule has 4 atom stereocenters. The zero-order chi connectivity index (χ0) is 55.3. The number of rotatable bonds is 19. The van der Waals surface area contributed by atoms with Gasteiger partial charge in [0, 0.05) is 47.6 Å². The predicted molar refractivity (Wildman–Crippen MR) is 280 cm³/mol. The van der Waals surface area contributed by atoms with Gasteiger partial charge in [-0.15, -0.1) is 11.3 Å². The van der Waals surface area contributed by atoms with E-state index in [1.165, 1.54) is 22.3 Å². The molecule has 1 unspecified atom stereocenters. The van der Waals surface area contributed by atoms with Crippen molar-refractivity contribution in [2.24, 2.45) is 16.2 Å². The van der Waals surface area contributed by atoms with E-state index in [-0.39, 0.29) is 43.9 Å². The van der Waals surface area contributed by atoms with Crippen molar-refractivity contribution in [3.63, 3.8) is 0 Å². The molecular weight excluding hydrogens is 1000 g/mol. The molecule has 76 heavy (non-hydrogen) atoms. The van der Waals surface area contributed by atoms with Gasteiger partial charge in [0.05, 0.1) is 46.0 Å². The quantitative estimate of drug-likeness (QED) is 0.0390. The highest BCUT2D eigenvalue weighted by Crippen LogP contribution is 2.56. The summed E-state index contributed by atoms with van der Waals surface area (Å²) in [5.41, 5.74) is 2.61. The number of unbranched alkanes of at least 4 members (excludes halogenated alkanes) is 1. The normalized spacial score (nSPS) is 19.6. The highest BCUT2D eigenvalue weighted by atomic mass is 32.1. The smallest absolute Gasteiger partial charge is 0.417 e. The Bertz CT molecular complexity index is 2900. The first-order valence-electron chi connectivity index (χ1n) is 25.1. The molecule has 1 saturated heterocycles. The van der Waals surface area contributed by atoms with Gasteiger partial charge < -0.3 is 45.3 Å². The number of alkyl halides is 3. The van der Waals surface area contributed by atoms with E-state index >= 15 is 0 Å². The molecule has 15 nitrogen and oxygen atoms in total. The van der Waals surface area contributed by atoms with Crippen LogP contribution in [0.5, 0.6) is 11.5 Å². The number of likely N-dealkylation sites (tertiary alicyclic amines) is 1. The molecule has 4 aromatic carbocycles. The number of β-amino-alcohol motifs (C(OH)–C–C–N with tert-alkyl or cyclic N) is 1. The molecule has 2 heterocycles. The standard InChI is InChI=1S/C57H65F3N6O9S/c1-33-46(76-32-62-33)36-13-17-37(18-14-36)48(69)64-50(71)44-27-40(67)30-66(44)51(72)47(54(2,3)4)63-45(68)31-73-25-9-10-26-74-41-22-19-35(20-23-41)34-11-15-38(16-12-34)49(70)65-52-55(5,6)53(56(52,7)8)75-42-24-21-39(29-61)43(28-42)57(58,59)60/h11-24,28,32,40,44,47-48,52-53,67,69H,9-10,25-27,30-31H2,1-8H3,(H,63,68)(H,64,71)(H,65,70)/t40-,44-,47?,48+,52-,53-/m1/s1. The third-order valence-electron chi connectivity index (χ3n) is 14.1. The number of aryl methyl sites for hydroxylation is 1. The van der Waals surface area contributed by atoms with Crippen LogP contribution in [0.2, 0.25) is 0 Å². The number of aliphatic hydroxyl groups excluding tert-OH is 2. The number of aromatic nitrogens is 1. The van der Waals surface area contributed by atoms with Gasteiger partial charge in [-0.3, -0.25) is 19.2 Å². The number of benzene rings is 4. The number of halogens is 3. The zero-order valence-electron chi connectivity index (χ0n) is 43.8. The third kappa shape index (κ3) is 13.0. The van der Waals surface area contributed by atoms with Crippen molar-refractivity contribution in [1.29, 1.82) is 5.26 Å². The maximum Gasteiger partial charge on any atom is 0.417 e. The predicted octanol–water partition coefficient (Wildman–Crippen LogP) is 8.76. The number of carbonyl (C=O) groups excluding carboxylic acids is 4. The van der Waals surface area contributed by atoms with Crippen LogP contribution in [0.4, 0.5) is 13.2 Å². The molecule has 1 aromatic heterocycles. The van der Waals surface area contributed by atoms with Crippen molar-refractivity contribution in [2.75, 3.05) is 26.4 Å². The number of nitrogens with zero attached hydrogens (tertiary/aromatic N) is 3. The Hall–Kier alpha value is -6.85. The number of aliphatic hydroxyl groups is 2. The Labute approximate surface area is 444 Å². The molecule has 0 spiro atoms.